The van der Waals surface area contributed by atoms with Gasteiger partial charge in [-0.25, -0.2) is 4.39 Å². The highest BCUT2D eigenvalue weighted by Gasteiger charge is 2.31. The lowest BCUT2D eigenvalue weighted by atomic mass is 10.00. The van der Waals surface area contributed by atoms with Crippen LogP contribution < -0.4 is 11.5 Å². The van der Waals surface area contributed by atoms with Crippen molar-refractivity contribution in [3.63, 3.8) is 0 Å². The molecule has 13 heavy (non-hydrogen) atoms. The summed E-state index contributed by atoms with van der Waals surface area (Å²) >= 11 is 0. The van der Waals surface area contributed by atoms with Gasteiger partial charge in [-0.2, -0.15) is 0 Å². The van der Waals surface area contributed by atoms with Crippen LogP contribution in [-0.2, 0) is 9.47 Å². The molecule has 0 radical (unpaired) electrons. The molecule has 0 spiro atoms. The molecule has 4 N–H and O–H groups in total. The molecular weight excluding hydrogens is 175 g/mol. The van der Waals surface area contributed by atoms with Gasteiger partial charge in [0.05, 0.1) is 18.2 Å². The summed E-state index contributed by atoms with van der Waals surface area (Å²) in [5.74, 6) is 0. The van der Waals surface area contributed by atoms with E-state index in [4.69, 9.17) is 20.9 Å². The molecule has 4 nitrogen and oxygen atoms in total. The molecule has 1 heterocycles. The van der Waals surface area contributed by atoms with Crippen LogP contribution in [0.5, 0.6) is 0 Å². The van der Waals surface area contributed by atoms with Gasteiger partial charge in [0.2, 0.25) is 0 Å². The van der Waals surface area contributed by atoms with E-state index >= 15 is 0 Å². The van der Waals surface area contributed by atoms with Gasteiger partial charge in [0.25, 0.3) is 0 Å². The van der Waals surface area contributed by atoms with Crippen molar-refractivity contribution in [1.29, 1.82) is 0 Å². The van der Waals surface area contributed by atoms with Crippen LogP contribution in [-0.4, -0.2) is 38.3 Å². The van der Waals surface area contributed by atoms with Crippen molar-refractivity contribution in [2.45, 2.75) is 37.3 Å². The van der Waals surface area contributed by atoms with Gasteiger partial charge in [0, 0.05) is 7.11 Å². The summed E-state index contributed by atoms with van der Waals surface area (Å²) in [5, 5.41) is 0. The Morgan fingerprint density at radius 1 is 1.62 bits per heavy atom. The van der Waals surface area contributed by atoms with Crippen molar-refractivity contribution in [1.82, 2.24) is 0 Å². The molecule has 0 amide bonds. The molecule has 0 aromatic heterocycles. The SMILES string of the molecule is CO[C@H]1OC(C(N)CF)CC[C@H]1N. The van der Waals surface area contributed by atoms with Crippen LogP contribution in [0, 0.1) is 0 Å². The van der Waals surface area contributed by atoms with E-state index in [2.05, 4.69) is 0 Å². The number of hydrogen-bond acceptors (Lipinski definition) is 4. The number of halogens is 1. The Labute approximate surface area is 77.4 Å². The largest absolute Gasteiger partial charge is 0.354 e. The van der Waals surface area contributed by atoms with Crippen LogP contribution in [0.4, 0.5) is 4.39 Å². The lowest BCUT2D eigenvalue weighted by Crippen LogP contribution is -2.51. The van der Waals surface area contributed by atoms with Gasteiger partial charge >= 0.3 is 0 Å². The lowest BCUT2D eigenvalue weighted by molar-refractivity contribution is -0.194. The zero-order chi connectivity index (χ0) is 9.84. The molecule has 0 aromatic rings. The second kappa shape index (κ2) is 4.85. The minimum atomic E-state index is -0.573. The fourth-order valence-electron chi connectivity index (χ4n) is 1.48. The highest BCUT2D eigenvalue weighted by atomic mass is 19.1. The maximum Gasteiger partial charge on any atom is 0.172 e. The first-order valence-electron chi connectivity index (χ1n) is 4.44. The minimum absolute atomic E-state index is 0.131. The van der Waals surface area contributed by atoms with Crippen molar-refractivity contribution in [3.8, 4) is 0 Å². The highest BCUT2D eigenvalue weighted by Crippen LogP contribution is 2.20. The van der Waals surface area contributed by atoms with Crippen LogP contribution in [0.15, 0.2) is 0 Å². The van der Waals surface area contributed by atoms with E-state index in [1.165, 1.54) is 7.11 Å². The number of nitrogens with two attached hydrogens (primary N) is 2. The average Bonchev–Trinajstić information content (AvgIpc) is 2.17. The average molecular weight is 192 g/mol. The van der Waals surface area contributed by atoms with Crippen LogP contribution in [0.1, 0.15) is 12.8 Å². The molecule has 0 bridgehead atoms. The van der Waals surface area contributed by atoms with E-state index in [1.807, 2.05) is 0 Å². The molecule has 78 valence electrons. The second-order valence-electron chi connectivity index (χ2n) is 3.34. The van der Waals surface area contributed by atoms with Crippen molar-refractivity contribution in [2.24, 2.45) is 11.5 Å². The van der Waals surface area contributed by atoms with E-state index in [9.17, 15) is 4.39 Å². The van der Waals surface area contributed by atoms with E-state index in [0.717, 1.165) is 6.42 Å². The molecule has 4 atom stereocenters. The Kier molecular flexibility index (Phi) is 4.05. The lowest BCUT2D eigenvalue weighted by Gasteiger charge is -2.35. The Morgan fingerprint density at radius 2 is 2.31 bits per heavy atom. The number of hydrogen-bond donors (Lipinski definition) is 2. The third-order valence-electron chi connectivity index (χ3n) is 2.33. The van der Waals surface area contributed by atoms with Crippen LogP contribution in [0.3, 0.4) is 0 Å². The molecule has 0 saturated carbocycles. The Balaban J connectivity index is 2.44. The predicted molar refractivity (Wildman–Crippen MR) is 46.8 cm³/mol. The molecule has 1 saturated heterocycles. The molecule has 1 fully saturated rings. The van der Waals surface area contributed by atoms with Gasteiger partial charge in [0.1, 0.15) is 6.67 Å². The second-order valence-corrected chi connectivity index (χ2v) is 3.34. The van der Waals surface area contributed by atoms with Crippen molar-refractivity contribution in [3.05, 3.63) is 0 Å². The summed E-state index contributed by atoms with van der Waals surface area (Å²) in [6, 6.07) is -0.696. The topological polar surface area (TPSA) is 70.5 Å². The molecule has 1 rings (SSSR count). The molecular formula is C8H17FN2O2. The first-order chi connectivity index (χ1) is 6.19. The molecule has 0 aromatic carbocycles. The molecule has 0 aliphatic carbocycles. The van der Waals surface area contributed by atoms with Gasteiger partial charge in [-0.1, -0.05) is 0 Å². The Hall–Kier alpha value is -0.230. The van der Waals surface area contributed by atoms with E-state index in [0.29, 0.717) is 6.42 Å². The van der Waals surface area contributed by atoms with Gasteiger partial charge < -0.3 is 20.9 Å². The maximum absolute atomic E-state index is 12.2. The van der Waals surface area contributed by atoms with Gasteiger partial charge in [-0.3, -0.25) is 0 Å². The van der Waals surface area contributed by atoms with E-state index in [-0.39, 0.29) is 12.1 Å². The Morgan fingerprint density at radius 3 is 2.85 bits per heavy atom. The quantitative estimate of drug-likeness (QED) is 0.647. The first kappa shape index (κ1) is 10.8. The minimum Gasteiger partial charge on any atom is -0.354 e. The summed E-state index contributed by atoms with van der Waals surface area (Å²) in [4.78, 5) is 0. The summed E-state index contributed by atoms with van der Waals surface area (Å²) in [7, 11) is 1.52. The van der Waals surface area contributed by atoms with E-state index in [1.54, 1.807) is 0 Å². The summed E-state index contributed by atoms with van der Waals surface area (Å²) in [5.41, 5.74) is 11.2. The number of rotatable bonds is 3. The third kappa shape index (κ3) is 2.60. The van der Waals surface area contributed by atoms with Crippen LogP contribution in [0.25, 0.3) is 0 Å². The molecule has 1 aliphatic rings. The molecule has 5 heteroatoms. The van der Waals surface area contributed by atoms with Crippen LogP contribution >= 0.6 is 0 Å². The van der Waals surface area contributed by atoms with Crippen molar-refractivity contribution >= 4 is 0 Å². The van der Waals surface area contributed by atoms with E-state index < -0.39 is 19.0 Å². The molecule has 2 unspecified atom stereocenters. The smallest absolute Gasteiger partial charge is 0.172 e. The van der Waals surface area contributed by atoms with Gasteiger partial charge in [0.15, 0.2) is 6.29 Å². The van der Waals surface area contributed by atoms with Gasteiger partial charge in [-0.05, 0) is 12.8 Å². The highest BCUT2D eigenvalue weighted by molar-refractivity contribution is 4.82. The third-order valence-corrected chi connectivity index (χ3v) is 2.33. The Bertz CT molecular complexity index is 159. The normalized spacial score (nSPS) is 37.4. The predicted octanol–water partition coefficient (Wildman–Crippen LogP) is -0.238. The number of ether oxygens (including phenoxy) is 2. The number of alkyl halides is 1. The number of methoxy groups -OCH3 is 1. The zero-order valence-electron chi connectivity index (χ0n) is 7.78. The summed E-state index contributed by atoms with van der Waals surface area (Å²) in [6.45, 7) is -0.573. The van der Waals surface area contributed by atoms with Crippen LogP contribution in [0.2, 0.25) is 0 Å². The fraction of sp³-hybridized carbons (Fsp3) is 1.00. The standard InChI is InChI=1S/C8H17FN2O2/c1-12-8-5(10)2-3-7(13-8)6(11)4-9/h5-8H,2-4,10-11H2,1H3/t5-,6?,7?,8+/m1/s1. The van der Waals surface area contributed by atoms with Crippen molar-refractivity contribution < 1.29 is 13.9 Å². The molecule has 1 aliphatic heterocycles. The summed E-state index contributed by atoms with van der Waals surface area (Å²) in [6.07, 6.45) is 0.745. The van der Waals surface area contributed by atoms with Crippen molar-refractivity contribution in [2.75, 3.05) is 13.8 Å². The maximum atomic E-state index is 12.2. The monoisotopic (exact) mass is 192 g/mol. The fourth-order valence-corrected chi connectivity index (χ4v) is 1.48. The summed E-state index contributed by atoms with van der Waals surface area (Å²) < 4.78 is 22.6. The van der Waals surface area contributed by atoms with Gasteiger partial charge in [-0.15, -0.1) is 0 Å². The first-order valence-corrected chi connectivity index (χ1v) is 4.44. The zero-order valence-corrected chi connectivity index (χ0v) is 7.78.